The average molecular weight is 454 g/mol. The molecule has 2 N–H and O–H groups in total. The van der Waals surface area contributed by atoms with Gasteiger partial charge in [-0.25, -0.2) is 8.42 Å². The Morgan fingerprint density at radius 1 is 1.20 bits per heavy atom. The van der Waals surface area contributed by atoms with Crippen LogP contribution in [0, 0.1) is 0 Å². The van der Waals surface area contributed by atoms with E-state index in [1.165, 1.54) is 16.6 Å². The number of carbonyl (C=O) groups is 1. The first kappa shape index (κ1) is 22.8. The predicted molar refractivity (Wildman–Crippen MR) is 117 cm³/mol. The second-order valence-corrected chi connectivity index (χ2v) is 9.83. The number of sulfonamides is 1. The number of rotatable bonds is 10. The van der Waals surface area contributed by atoms with E-state index in [-0.39, 0.29) is 10.6 Å². The minimum Gasteiger partial charge on any atom is -0.379 e. The normalized spacial score (nSPS) is 15.2. The van der Waals surface area contributed by atoms with E-state index in [0.717, 1.165) is 17.1 Å². The molecule has 2 heterocycles. The lowest BCUT2D eigenvalue weighted by Crippen LogP contribution is -2.37. The summed E-state index contributed by atoms with van der Waals surface area (Å²) in [5, 5.41) is 2.79. The summed E-state index contributed by atoms with van der Waals surface area (Å²) in [6.45, 7) is 5.01. The Labute approximate surface area is 181 Å². The number of aromatic nitrogens is 1. The first-order valence-corrected chi connectivity index (χ1v) is 12.4. The number of carbonyl (C=O) groups excluding carboxylic acids is 1. The summed E-state index contributed by atoms with van der Waals surface area (Å²) >= 11 is 1.74. The largest absolute Gasteiger partial charge is 0.379 e. The highest BCUT2D eigenvalue weighted by molar-refractivity contribution is 7.99. The van der Waals surface area contributed by atoms with Crippen LogP contribution < -0.4 is 5.32 Å². The van der Waals surface area contributed by atoms with E-state index in [9.17, 15) is 13.2 Å². The Balaban J connectivity index is 1.59. The molecule has 1 aromatic carbocycles. The van der Waals surface area contributed by atoms with Crippen LogP contribution in [-0.2, 0) is 26.1 Å². The number of thioether (sulfide) groups is 1. The first-order valence-electron chi connectivity index (χ1n) is 9.83. The topological polar surface area (TPSA) is 101 Å². The molecular weight excluding hydrogens is 426 g/mol. The molecule has 164 valence electrons. The summed E-state index contributed by atoms with van der Waals surface area (Å²) in [4.78, 5) is 15.5. The van der Waals surface area contributed by atoms with Crippen LogP contribution in [0.2, 0.25) is 0 Å². The van der Waals surface area contributed by atoms with Gasteiger partial charge >= 0.3 is 0 Å². The van der Waals surface area contributed by atoms with Crippen molar-refractivity contribution >= 4 is 33.4 Å². The lowest BCUT2D eigenvalue weighted by molar-refractivity contribution is 0.0453. The Bertz CT molecular complexity index is 939. The maximum Gasteiger partial charge on any atom is 0.272 e. The highest BCUT2D eigenvalue weighted by Crippen LogP contribution is 2.21. The second-order valence-electron chi connectivity index (χ2n) is 6.67. The van der Waals surface area contributed by atoms with E-state index in [0.29, 0.717) is 45.2 Å². The van der Waals surface area contributed by atoms with E-state index in [4.69, 9.17) is 9.47 Å². The number of hydrogen-bond acceptors (Lipinski definition) is 6. The van der Waals surface area contributed by atoms with E-state index in [2.05, 4.69) is 10.3 Å². The van der Waals surface area contributed by atoms with Gasteiger partial charge in [-0.1, -0.05) is 12.1 Å². The SMILES string of the molecule is CCOCCOCc1cccc(NC(=O)c2cc(S(=O)(=O)N3CCSCC3)c[nH]2)c1. The minimum absolute atomic E-state index is 0.107. The van der Waals surface area contributed by atoms with Gasteiger partial charge in [-0.2, -0.15) is 16.1 Å². The number of aromatic amines is 1. The Kier molecular flexibility index (Phi) is 8.34. The fraction of sp³-hybridized carbons (Fsp3) is 0.450. The number of nitrogens with one attached hydrogen (secondary N) is 2. The second kappa shape index (κ2) is 11.0. The molecule has 0 bridgehead atoms. The van der Waals surface area contributed by atoms with Gasteiger partial charge in [0.05, 0.1) is 19.8 Å². The maximum absolute atomic E-state index is 12.7. The quantitative estimate of drug-likeness (QED) is 0.536. The van der Waals surface area contributed by atoms with E-state index >= 15 is 0 Å². The molecule has 1 aromatic heterocycles. The standard InChI is InChI=1S/C20H27N3O5S2/c1-2-27-8-9-28-15-16-4-3-5-17(12-16)22-20(24)19-13-18(14-21-19)30(25,26)23-6-10-29-11-7-23/h3-5,12-14,21H,2,6-11,15H2,1H3,(H,22,24). The zero-order valence-electron chi connectivity index (χ0n) is 16.9. The van der Waals surface area contributed by atoms with Crippen LogP contribution in [0.4, 0.5) is 5.69 Å². The smallest absolute Gasteiger partial charge is 0.272 e. The van der Waals surface area contributed by atoms with Crippen LogP contribution in [0.3, 0.4) is 0 Å². The molecule has 1 aliphatic rings. The van der Waals surface area contributed by atoms with Crippen LogP contribution in [0.25, 0.3) is 0 Å². The molecule has 1 saturated heterocycles. The highest BCUT2D eigenvalue weighted by atomic mass is 32.2. The van der Waals surface area contributed by atoms with Gasteiger partial charge in [-0.05, 0) is 30.7 Å². The maximum atomic E-state index is 12.7. The van der Waals surface area contributed by atoms with E-state index in [1.54, 1.807) is 17.8 Å². The van der Waals surface area contributed by atoms with Crippen molar-refractivity contribution in [2.45, 2.75) is 18.4 Å². The Morgan fingerprint density at radius 2 is 1.97 bits per heavy atom. The fourth-order valence-corrected chi connectivity index (χ4v) is 5.55. The predicted octanol–water partition coefficient (Wildman–Crippen LogP) is 2.56. The number of ether oxygens (including phenoxy) is 2. The van der Waals surface area contributed by atoms with Crippen molar-refractivity contribution in [1.82, 2.24) is 9.29 Å². The third kappa shape index (κ3) is 6.08. The van der Waals surface area contributed by atoms with Crippen molar-refractivity contribution < 1.29 is 22.7 Å². The summed E-state index contributed by atoms with van der Waals surface area (Å²) < 4.78 is 37.7. The summed E-state index contributed by atoms with van der Waals surface area (Å²) in [5.74, 6) is 1.16. The number of amides is 1. The monoisotopic (exact) mass is 453 g/mol. The van der Waals surface area contributed by atoms with Crippen LogP contribution in [-0.4, -0.2) is 68.0 Å². The van der Waals surface area contributed by atoms with Crippen molar-refractivity contribution in [3.05, 3.63) is 47.8 Å². The molecule has 1 aliphatic heterocycles. The number of anilines is 1. The summed E-state index contributed by atoms with van der Waals surface area (Å²) in [7, 11) is -3.59. The van der Waals surface area contributed by atoms with Gasteiger partial charge in [0.1, 0.15) is 10.6 Å². The molecule has 0 atom stereocenters. The average Bonchev–Trinajstić information content (AvgIpc) is 3.26. The van der Waals surface area contributed by atoms with E-state index < -0.39 is 15.9 Å². The third-order valence-corrected chi connectivity index (χ3v) is 7.36. The van der Waals surface area contributed by atoms with Crippen molar-refractivity contribution in [2.24, 2.45) is 0 Å². The molecule has 3 rings (SSSR count). The molecule has 8 nitrogen and oxygen atoms in total. The zero-order valence-corrected chi connectivity index (χ0v) is 18.6. The van der Waals surface area contributed by atoms with Crippen LogP contribution in [0.5, 0.6) is 0 Å². The van der Waals surface area contributed by atoms with Crippen LogP contribution in [0.1, 0.15) is 23.0 Å². The minimum atomic E-state index is -3.59. The molecule has 0 spiro atoms. The van der Waals surface area contributed by atoms with Crippen molar-refractivity contribution in [3.8, 4) is 0 Å². The van der Waals surface area contributed by atoms with Crippen molar-refractivity contribution in [1.29, 1.82) is 0 Å². The molecule has 0 radical (unpaired) electrons. The van der Waals surface area contributed by atoms with E-state index in [1.807, 2.05) is 25.1 Å². The summed E-state index contributed by atoms with van der Waals surface area (Å²) in [6, 6.07) is 8.72. The van der Waals surface area contributed by atoms with Gasteiger partial charge in [-0.15, -0.1) is 0 Å². The van der Waals surface area contributed by atoms with Gasteiger partial charge in [0.25, 0.3) is 5.91 Å². The molecule has 30 heavy (non-hydrogen) atoms. The lowest BCUT2D eigenvalue weighted by Gasteiger charge is -2.24. The van der Waals surface area contributed by atoms with Gasteiger partial charge in [-0.3, -0.25) is 4.79 Å². The zero-order chi connectivity index (χ0) is 21.4. The molecule has 0 aliphatic carbocycles. The molecule has 0 saturated carbocycles. The number of benzene rings is 1. The van der Waals surface area contributed by atoms with Crippen molar-refractivity contribution in [2.75, 3.05) is 49.7 Å². The highest BCUT2D eigenvalue weighted by Gasteiger charge is 2.27. The molecule has 0 unspecified atom stereocenters. The van der Waals surface area contributed by atoms with Gasteiger partial charge < -0.3 is 19.8 Å². The molecule has 1 amide bonds. The van der Waals surface area contributed by atoms with Gasteiger partial charge in [0, 0.05) is 43.1 Å². The fourth-order valence-electron chi connectivity index (χ4n) is 2.98. The first-order chi connectivity index (χ1) is 14.5. The van der Waals surface area contributed by atoms with Crippen LogP contribution in [0.15, 0.2) is 41.4 Å². The Morgan fingerprint density at radius 3 is 2.73 bits per heavy atom. The van der Waals surface area contributed by atoms with Crippen LogP contribution >= 0.6 is 11.8 Å². The molecule has 1 fully saturated rings. The Hall–Kier alpha value is -1.85. The molecular formula is C20H27N3O5S2. The molecule has 10 heteroatoms. The van der Waals surface area contributed by atoms with Gasteiger partial charge in [0.2, 0.25) is 10.0 Å². The number of hydrogen-bond donors (Lipinski definition) is 2. The number of H-pyrrole nitrogens is 1. The number of nitrogens with zero attached hydrogens (tertiary/aromatic N) is 1. The summed E-state index contributed by atoms with van der Waals surface area (Å²) in [5.41, 5.74) is 1.72. The molecule has 2 aromatic rings. The summed E-state index contributed by atoms with van der Waals surface area (Å²) in [6.07, 6.45) is 1.37. The lowest BCUT2D eigenvalue weighted by atomic mass is 10.2. The van der Waals surface area contributed by atoms with Gasteiger partial charge in [0.15, 0.2) is 0 Å². The van der Waals surface area contributed by atoms with Crippen molar-refractivity contribution in [3.63, 3.8) is 0 Å². The third-order valence-electron chi connectivity index (χ3n) is 4.54.